The number of thiazole rings is 1. The first kappa shape index (κ1) is 24.2. The molecule has 0 saturated heterocycles. The first-order valence-corrected chi connectivity index (χ1v) is 11.2. The van der Waals surface area contributed by atoms with E-state index in [1.165, 1.54) is 47.7 Å². The Morgan fingerprint density at radius 1 is 0.970 bits per heavy atom. The number of amides is 2. The van der Waals surface area contributed by atoms with Gasteiger partial charge in [0.05, 0.1) is 0 Å². The molecule has 0 aliphatic heterocycles. The van der Waals surface area contributed by atoms with Crippen molar-refractivity contribution in [2.75, 3.05) is 11.9 Å². The topological polar surface area (TPSA) is 71.1 Å². The monoisotopic (exact) mass is 473 g/mol. The molecule has 0 unspecified atom stereocenters. The van der Waals surface area contributed by atoms with Gasteiger partial charge in [0, 0.05) is 30.1 Å². The summed E-state index contributed by atoms with van der Waals surface area (Å²) < 4.78 is 40.1. The summed E-state index contributed by atoms with van der Waals surface area (Å²) >= 11 is 1.35. The van der Waals surface area contributed by atoms with E-state index in [1.54, 1.807) is 11.6 Å². The zero-order valence-electron chi connectivity index (χ0n) is 17.6. The Kier molecular flexibility index (Phi) is 8.77. The Bertz CT molecular complexity index is 1120. The van der Waals surface area contributed by atoms with Gasteiger partial charge in [0.1, 0.15) is 5.82 Å². The third-order valence-electron chi connectivity index (χ3n) is 4.70. The van der Waals surface area contributed by atoms with Crippen molar-refractivity contribution in [3.63, 3.8) is 0 Å². The lowest BCUT2D eigenvalue weighted by atomic mass is 10.0. The van der Waals surface area contributed by atoms with E-state index < -0.39 is 23.4 Å². The van der Waals surface area contributed by atoms with E-state index in [2.05, 4.69) is 15.6 Å². The number of halogens is 3. The minimum atomic E-state index is -1.03. The molecule has 0 radical (unpaired) electrons. The number of benzene rings is 2. The lowest BCUT2D eigenvalue weighted by Crippen LogP contribution is -2.25. The molecule has 2 aromatic carbocycles. The molecule has 1 aromatic heterocycles. The molecule has 2 N–H and O–H groups in total. The maximum Gasteiger partial charge on any atom is 0.251 e. The van der Waals surface area contributed by atoms with E-state index in [9.17, 15) is 22.8 Å². The molecule has 3 aromatic rings. The fraction of sp³-hybridized carbons (Fsp3) is 0.208. The molecule has 0 fully saturated rings. The molecular weight excluding hydrogens is 451 g/mol. The van der Waals surface area contributed by atoms with E-state index in [0.717, 1.165) is 18.6 Å². The Balaban J connectivity index is 1.54. The molecule has 33 heavy (non-hydrogen) atoms. The quantitative estimate of drug-likeness (QED) is 0.235. The molecule has 0 bridgehead atoms. The summed E-state index contributed by atoms with van der Waals surface area (Å²) in [6.07, 6.45) is 5.42. The summed E-state index contributed by atoms with van der Waals surface area (Å²) in [6, 6.07) is 8.65. The average molecular weight is 474 g/mol. The number of nitrogens with zero attached hydrogens (tertiary/aromatic N) is 1. The molecule has 9 heteroatoms. The Labute approximate surface area is 193 Å². The third kappa shape index (κ3) is 7.57. The van der Waals surface area contributed by atoms with Crippen LogP contribution in [0.25, 0.3) is 11.6 Å². The zero-order chi connectivity index (χ0) is 23.6. The number of hydrogen-bond acceptors (Lipinski definition) is 4. The van der Waals surface area contributed by atoms with Gasteiger partial charge < -0.3 is 10.6 Å². The average Bonchev–Trinajstić information content (AvgIpc) is 3.30. The lowest BCUT2D eigenvalue weighted by Gasteiger charge is -2.10. The molecule has 1 heterocycles. The largest absolute Gasteiger partial charge is 0.352 e. The predicted octanol–water partition coefficient (Wildman–Crippen LogP) is 5.42. The van der Waals surface area contributed by atoms with E-state index in [4.69, 9.17) is 0 Å². The maximum absolute atomic E-state index is 13.6. The molecule has 172 valence electrons. The molecule has 0 aliphatic carbocycles. The van der Waals surface area contributed by atoms with Gasteiger partial charge in [-0.1, -0.05) is 24.6 Å². The number of rotatable bonds is 10. The first-order chi connectivity index (χ1) is 15.9. The van der Waals surface area contributed by atoms with Crippen LogP contribution in [0, 0.1) is 17.5 Å². The SMILES string of the molecule is O=C(CCCCCNC(=O)C(=Cc1ccc(F)c(F)c1)c1ccc(F)cc1)Nc1nccs1. The number of anilines is 1. The van der Waals surface area contributed by atoms with E-state index in [-0.39, 0.29) is 11.5 Å². The van der Waals surface area contributed by atoms with Crippen LogP contribution >= 0.6 is 11.3 Å². The van der Waals surface area contributed by atoms with Crippen LogP contribution in [0.5, 0.6) is 0 Å². The summed E-state index contributed by atoms with van der Waals surface area (Å²) in [6.45, 7) is 0.364. The molecule has 0 atom stereocenters. The van der Waals surface area contributed by atoms with Crippen molar-refractivity contribution in [1.29, 1.82) is 0 Å². The Morgan fingerprint density at radius 3 is 2.45 bits per heavy atom. The second-order valence-electron chi connectivity index (χ2n) is 7.19. The van der Waals surface area contributed by atoms with Crippen LogP contribution in [0.15, 0.2) is 54.0 Å². The highest BCUT2D eigenvalue weighted by molar-refractivity contribution is 7.13. The van der Waals surface area contributed by atoms with E-state index in [0.29, 0.717) is 42.1 Å². The molecule has 5 nitrogen and oxygen atoms in total. The second kappa shape index (κ2) is 12.0. The highest BCUT2D eigenvalue weighted by Crippen LogP contribution is 2.21. The van der Waals surface area contributed by atoms with Crippen molar-refractivity contribution >= 4 is 39.9 Å². The number of carbonyl (C=O) groups excluding carboxylic acids is 2. The zero-order valence-corrected chi connectivity index (χ0v) is 18.4. The van der Waals surface area contributed by atoms with Crippen molar-refractivity contribution in [2.45, 2.75) is 25.7 Å². The van der Waals surface area contributed by atoms with E-state index >= 15 is 0 Å². The van der Waals surface area contributed by atoms with Gasteiger partial charge in [-0.05, 0) is 54.3 Å². The highest BCUT2D eigenvalue weighted by atomic mass is 32.1. The molecule has 0 aliphatic rings. The number of aromatic nitrogens is 1. The number of hydrogen-bond donors (Lipinski definition) is 2. The van der Waals surface area contributed by atoms with Crippen molar-refractivity contribution in [1.82, 2.24) is 10.3 Å². The van der Waals surface area contributed by atoms with E-state index in [1.807, 2.05) is 0 Å². The van der Waals surface area contributed by atoms with Gasteiger partial charge in [0.25, 0.3) is 5.91 Å². The van der Waals surface area contributed by atoms with Crippen LogP contribution in [0.3, 0.4) is 0 Å². The van der Waals surface area contributed by atoms with Crippen LogP contribution in [-0.2, 0) is 9.59 Å². The van der Waals surface area contributed by atoms with Crippen molar-refractivity contribution in [3.8, 4) is 0 Å². The minimum Gasteiger partial charge on any atom is -0.352 e. The number of unbranched alkanes of at least 4 members (excludes halogenated alkanes) is 2. The molecule has 3 rings (SSSR count). The molecule has 2 amide bonds. The van der Waals surface area contributed by atoms with Gasteiger partial charge in [-0.3, -0.25) is 9.59 Å². The third-order valence-corrected chi connectivity index (χ3v) is 5.39. The summed E-state index contributed by atoms with van der Waals surface area (Å²) in [4.78, 5) is 28.6. The Hall–Kier alpha value is -3.46. The highest BCUT2D eigenvalue weighted by Gasteiger charge is 2.13. The van der Waals surface area contributed by atoms with Gasteiger partial charge in [-0.15, -0.1) is 11.3 Å². The predicted molar refractivity (Wildman–Crippen MR) is 123 cm³/mol. The van der Waals surface area contributed by atoms with Gasteiger partial charge in [-0.2, -0.15) is 0 Å². The molecule has 0 spiro atoms. The van der Waals surface area contributed by atoms with Crippen molar-refractivity contribution in [2.24, 2.45) is 0 Å². The lowest BCUT2D eigenvalue weighted by molar-refractivity contribution is -0.117. The van der Waals surface area contributed by atoms with Crippen molar-refractivity contribution in [3.05, 3.63) is 82.6 Å². The fourth-order valence-electron chi connectivity index (χ4n) is 3.03. The van der Waals surface area contributed by atoms with Gasteiger partial charge >= 0.3 is 0 Å². The van der Waals surface area contributed by atoms with Crippen LogP contribution in [0.2, 0.25) is 0 Å². The molecule has 0 saturated carbocycles. The van der Waals surface area contributed by atoms with Crippen LogP contribution in [-0.4, -0.2) is 23.3 Å². The fourth-order valence-corrected chi connectivity index (χ4v) is 3.57. The second-order valence-corrected chi connectivity index (χ2v) is 8.09. The van der Waals surface area contributed by atoms with Gasteiger partial charge in [-0.25, -0.2) is 18.2 Å². The van der Waals surface area contributed by atoms with Gasteiger partial charge in [0.2, 0.25) is 5.91 Å². The summed E-state index contributed by atoms with van der Waals surface area (Å²) in [5.74, 6) is -3.00. The van der Waals surface area contributed by atoms with Gasteiger partial charge in [0.15, 0.2) is 16.8 Å². The minimum absolute atomic E-state index is 0.109. The van der Waals surface area contributed by atoms with Crippen LogP contribution in [0.1, 0.15) is 36.8 Å². The number of carbonyl (C=O) groups is 2. The standard InChI is InChI=1S/C24H22F3N3O2S/c25-18-8-6-17(7-9-18)19(14-16-5-10-20(26)21(27)15-16)23(32)28-11-3-1-2-4-22(31)30-24-29-12-13-33-24/h5-10,12-15H,1-4,11H2,(H,28,32)(H,29,30,31). The molecular formula is C24H22F3N3O2S. The summed E-state index contributed by atoms with van der Waals surface area (Å²) in [7, 11) is 0. The van der Waals surface area contributed by atoms with Crippen LogP contribution in [0.4, 0.5) is 18.3 Å². The first-order valence-electron chi connectivity index (χ1n) is 10.3. The Morgan fingerprint density at radius 2 is 1.76 bits per heavy atom. The maximum atomic E-state index is 13.6. The number of nitrogens with one attached hydrogen (secondary N) is 2. The smallest absolute Gasteiger partial charge is 0.251 e. The summed E-state index contributed by atoms with van der Waals surface area (Å²) in [5, 5.41) is 7.84. The van der Waals surface area contributed by atoms with Crippen LogP contribution < -0.4 is 10.6 Å². The normalized spacial score (nSPS) is 11.3. The summed E-state index contributed by atoms with van der Waals surface area (Å²) in [5.41, 5.74) is 0.941. The van der Waals surface area contributed by atoms with Crippen molar-refractivity contribution < 1.29 is 22.8 Å².